The highest BCUT2D eigenvalue weighted by molar-refractivity contribution is 5.85. The average Bonchev–Trinajstić information content (AvgIpc) is 2.36. The number of amides is 1. The van der Waals surface area contributed by atoms with Gasteiger partial charge in [-0.15, -0.1) is 0 Å². The van der Waals surface area contributed by atoms with Crippen LogP contribution in [0, 0.1) is 0 Å². The molecule has 138 valence electrons. The molecule has 1 N–H and O–H groups in total. The molecule has 0 heterocycles. The van der Waals surface area contributed by atoms with Crippen molar-refractivity contribution in [3.05, 3.63) is 0 Å². The van der Waals surface area contributed by atoms with E-state index in [4.69, 9.17) is 0 Å². The van der Waals surface area contributed by atoms with Gasteiger partial charge in [0, 0.05) is 6.04 Å². The lowest BCUT2D eigenvalue weighted by Crippen LogP contribution is -2.65. The van der Waals surface area contributed by atoms with Crippen molar-refractivity contribution in [2.45, 2.75) is 69.5 Å². The van der Waals surface area contributed by atoms with E-state index in [0.717, 1.165) is 13.3 Å². The Morgan fingerprint density at radius 1 is 0.913 bits per heavy atom. The molecule has 0 fully saturated rings. The van der Waals surface area contributed by atoms with Gasteiger partial charge < -0.3 is 5.32 Å². The Bertz CT molecular complexity index is 406. The van der Waals surface area contributed by atoms with Crippen LogP contribution in [-0.2, 0) is 4.79 Å². The van der Waals surface area contributed by atoms with Crippen molar-refractivity contribution < 1.29 is 44.3 Å². The number of nitrogens with one attached hydrogen (secondary N) is 1. The van der Waals surface area contributed by atoms with E-state index >= 15 is 0 Å². The summed E-state index contributed by atoms with van der Waals surface area (Å²) in [5.74, 6) is -23.1. The van der Waals surface area contributed by atoms with Gasteiger partial charge in [0.05, 0.1) is 0 Å². The van der Waals surface area contributed by atoms with Gasteiger partial charge in [0.25, 0.3) is 5.91 Å². The first kappa shape index (κ1) is 21.8. The van der Waals surface area contributed by atoms with Gasteiger partial charge in [-0.1, -0.05) is 26.2 Å². The molecule has 0 spiro atoms. The molecule has 0 aromatic carbocycles. The van der Waals surface area contributed by atoms with Crippen LogP contribution in [0.2, 0.25) is 0 Å². The molecule has 2 nitrogen and oxygen atoms in total. The summed E-state index contributed by atoms with van der Waals surface area (Å²) in [5, 5.41) is 1.34. The zero-order valence-corrected chi connectivity index (χ0v) is 12.2. The smallest absolute Gasteiger partial charge is 0.348 e. The highest BCUT2D eigenvalue weighted by atomic mass is 19.4. The topological polar surface area (TPSA) is 29.1 Å². The lowest BCUT2D eigenvalue weighted by atomic mass is 10.0. The first-order valence-electron chi connectivity index (χ1n) is 6.64. The number of alkyl halides is 9. The first-order valence-corrected chi connectivity index (χ1v) is 6.64. The Balaban J connectivity index is 5.19. The Kier molecular flexibility index (Phi) is 6.80. The van der Waals surface area contributed by atoms with E-state index in [-0.39, 0.29) is 6.42 Å². The van der Waals surface area contributed by atoms with E-state index in [9.17, 15) is 44.3 Å². The van der Waals surface area contributed by atoms with Gasteiger partial charge in [-0.2, -0.15) is 39.5 Å². The average molecular weight is 361 g/mol. The van der Waals surface area contributed by atoms with Gasteiger partial charge in [0.2, 0.25) is 0 Å². The number of hydrogen-bond donors (Lipinski definition) is 1. The third kappa shape index (κ3) is 4.43. The summed E-state index contributed by atoms with van der Waals surface area (Å²) in [6, 6.07) is -1.09. The number of unbranched alkanes of at least 4 members (excludes halogenated alkanes) is 2. The molecule has 0 radical (unpaired) electrons. The molecule has 1 unspecified atom stereocenters. The van der Waals surface area contributed by atoms with Gasteiger partial charge in [-0.25, -0.2) is 0 Å². The summed E-state index contributed by atoms with van der Waals surface area (Å²) in [7, 11) is 0. The van der Waals surface area contributed by atoms with Crippen LogP contribution >= 0.6 is 0 Å². The molecular formula is C12H16F9NO. The summed E-state index contributed by atoms with van der Waals surface area (Å²) in [5.41, 5.74) is 0. The van der Waals surface area contributed by atoms with E-state index in [0.29, 0.717) is 12.8 Å². The zero-order valence-electron chi connectivity index (χ0n) is 12.2. The minimum absolute atomic E-state index is 0.0803. The molecule has 0 saturated heterocycles. The molecule has 1 atom stereocenters. The van der Waals surface area contributed by atoms with Crippen LogP contribution in [-0.4, -0.2) is 35.9 Å². The van der Waals surface area contributed by atoms with Gasteiger partial charge in [0.15, 0.2) is 0 Å². The SMILES string of the molecule is CCCCCC(C)NC(=O)C(F)(F)C(F)(F)C(F)(F)C(F)(F)F. The van der Waals surface area contributed by atoms with E-state index < -0.39 is 35.9 Å². The number of carbonyl (C=O) groups is 1. The summed E-state index contributed by atoms with van der Waals surface area (Å²) in [4.78, 5) is 11.1. The van der Waals surface area contributed by atoms with Gasteiger partial charge in [-0.05, 0) is 13.3 Å². The molecule has 0 aliphatic rings. The zero-order chi connectivity index (χ0) is 18.7. The van der Waals surface area contributed by atoms with Crippen molar-refractivity contribution in [2.24, 2.45) is 0 Å². The minimum atomic E-state index is -7.06. The van der Waals surface area contributed by atoms with Crippen molar-refractivity contribution in [2.75, 3.05) is 0 Å². The van der Waals surface area contributed by atoms with Crippen molar-refractivity contribution in [3.63, 3.8) is 0 Å². The largest absolute Gasteiger partial charge is 0.460 e. The summed E-state index contributed by atoms with van der Waals surface area (Å²) in [6.07, 6.45) is -5.06. The molecule has 0 aliphatic carbocycles. The molecule has 11 heteroatoms. The number of halogens is 9. The van der Waals surface area contributed by atoms with Crippen molar-refractivity contribution >= 4 is 5.91 Å². The standard InChI is InChI=1S/C12H16F9NO/c1-3-4-5-6-7(2)22-8(23)9(13,14)10(15,16)11(17,18)12(19,20)21/h7H,3-6H2,1-2H3,(H,22,23). The van der Waals surface area contributed by atoms with E-state index in [2.05, 4.69) is 0 Å². The van der Waals surface area contributed by atoms with Crippen LogP contribution in [0.1, 0.15) is 39.5 Å². The third-order valence-electron chi connectivity index (χ3n) is 3.05. The predicted octanol–water partition coefficient (Wildman–Crippen LogP) is 4.54. The fraction of sp³-hybridized carbons (Fsp3) is 0.917. The monoisotopic (exact) mass is 361 g/mol. The van der Waals surface area contributed by atoms with Gasteiger partial charge in [0.1, 0.15) is 0 Å². The molecule has 1 amide bonds. The predicted molar refractivity (Wildman–Crippen MR) is 62.6 cm³/mol. The summed E-state index contributed by atoms with van der Waals surface area (Å²) in [6.45, 7) is 2.95. The van der Waals surface area contributed by atoms with Crippen LogP contribution in [0.5, 0.6) is 0 Å². The summed E-state index contributed by atoms with van der Waals surface area (Å²) >= 11 is 0. The number of rotatable bonds is 8. The second-order valence-corrected chi connectivity index (χ2v) is 5.09. The fourth-order valence-electron chi connectivity index (χ4n) is 1.60. The molecule has 0 aliphatic heterocycles. The van der Waals surface area contributed by atoms with Crippen LogP contribution in [0.3, 0.4) is 0 Å². The first-order chi connectivity index (χ1) is 10.1. The highest BCUT2D eigenvalue weighted by Crippen LogP contribution is 2.53. The molecule has 0 aromatic heterocycles. The van der Waals surface area contributed by atoms with Crippen LogP contribution in [0.4, 0.5) is 39.5 Å². The van der Waals surface area contributed by atoms with Crippen LogP contribution < -0.4 is 5.32 Å². The van der Waals surface area contributed by atoms with E-state index in [1.165, 1.54) is 5.32 Å². The second-order valence-electron chi connectivity index (χ2n) is 5.09. The van der Waals surface area contributed by atoms with Crippen LogP contribution in [0.25, 0.3) is 0 Å². The molecule has 0 rings (SSSR count). The Hall–Kier alpha value is -1.16. The van der Waals surface area contributed by atoms with E-state index in [1.54, 1.807) is 6.92 Å². The Labute approximate surface area is 126 Å². The van der Waals surface area contributed by atoms with Crippen LogP contribution in [0.15, 0.2) is 0 Å². The highest BCUT2D eigenvalue weighted by Gasteiger charge is 2.83. The van der Waals surface area contributed by atoms with Crippen molar-refractivity contribution in [3.8, 4) is 0 Å². The molecule has 0 aromatic rings. The molecular weight excluding hydrogens is 345 g/mol. The second kappa shape index (κ2) is 7.16. The quantitative estimate of drug-likeness (QED) is 0.499. The van der Waals surface area contributed by atoms with Crippen molar-refractivity contribution in [1.82, 2.24) is 5.32 Å². The number of hydrogen-bond acceptors (Lipinski definition) is 1. The molecule has 23 heavy (non-hydrogen) atoms. The maximum absolute atomic E-state index is 13.2. The maximum atomic E-state index is 13.2. The Morgan fingerprint density at radius 2 is 1.39 bits per heavy atom. The summed E-state index contributed by atoms with van der Waals surface area (Å²) < 4.78 is 113. The van der Waals surface area contributed by atoms with Gasteiger partial charge >= 0.3 is 23.9 Å². The maximum Gasteiger partial charge on any atom is 0.460 e. The normalized spacial score (nSPS) is 15.4. The Morgan fingerprint density at radius 3 is 1.78 bits per heavy atom. The van der Waals surface area contributed by atoms with E-state index in [1.807, 2.05) is 0 Å². The van der Waals surface area contributed by atoms with Crippen molar-refractivity contribution in [1.29, 1.82) is 0 Å². The minimum Gasteiger partial charge on any atom is -0.348 e. The molecule has 0 saturated carbocycles. The lowest BCUT2D eigenvalue weighted by molar-refractivity contribution is -0.388. The third-order valence-corrected chi connectivity index (χ3v) is 3.05. The van der Waals surface area contributed by atoms with Gasteiger partial charge in [-0.3, -0.25) is 4.79 Å². The number of carbonyl (C=O) groups excluding carboxylic acids is 1. The fourth-order valence-corrected chi connectivity index (χ4v) is 1.60. The molecule has 0 bridgehead atoms. The lowest BCUT2D eigenvalue weighted by Gasteiger charge is -2.33.